The number of anilines is 1. The molecule has 1 amide bonds. The third kappa shape index (κ3) is 2.92. The second kappa shape index (κ2) is 6.68. The highest BCUT2D eigenvalue weighted by Gasteiger charge is 2.27. The molecular weight excluding hydrogens is 360 g/mol. The zero-order valence-electron chi connectivity index (χ0n) is 14.8. The first-order valence-corrected chi connectivity index (χ1v) is 8.81. The normalized spacial score (nSPS) is 16.6. The largest absolute Gasteiger partial charge is 0.351 e. The van der Waals surface area contributed by atoms with Gasteiger partial charge in [0.15, 0.2) is 5.82 Å². The molecule has 1 atom stereocenters. The number of aromatic nitrogens is 8. The number of benzene rings is 1. The van der Waals surface area contributed by atoms with E-state index in [4.69, 9.17) is 0 Å². The third-order valence-electron chi connectivity index (χ3n) is 4.74. The summed E-state index contributed by atoms with van der Waals surface area (Å²) in [6.45, 7) is 1.45. The molecule has 1 N–H and O–H groups in total. The molecule has 1 aliphatic heterocycles. The van der Waals surface area contributed by atoms with Crippen molar-refractivity contribution in [1.29, 1.82) is 0 Å². The molecular formula is C17H16N10O. The van der Waals surface area contributed by atoms with Crippen LogP contribution in [0.1, 0.15) is 16.8 Å². The Labute approximate surface area is 159 Å². The summed E-state index contributed by atoms with van der Waals surface area (Å²) in [7, 11) is 0. The average molecular weight is 376 g/mol. The molecule has 140 valence electrons. The van der Waals surface area contributed by atoms with Crippen LogP contribution in [0.3, 0.4) is 0 Å². The van der Waals surface area contributed by atoms with Crippen molar-refractivity contribution < 1.29 is 4.79 Å². The van der Waals surface area contributed by atoms with Gasteiger partial charge in [0.1, 0.15) is 12.7 Å². The molecule has 0 aliphatic carbocycles. The lowest BCUT2D eigenvalue weighted by atomic mass is 10.1. The Kier molecular flexibility index (Phi) is 3.89. The van der Waals surface area contributed by atoms with Crippen LogP contribution < -0.4 is 10.2 Å². The highest BCUT2D eigenvalue weighted by Crippen LogP contribution is 2.21. The molecule has 11 heteroatoms. The van der Waals surface area contributed by atoms with E-state index in [1.165, 1.54) is 11.0 Å². The number of amides is 1. The van der Waals surface area contributed by atoms with E-state index < -0.39 is 0 Å². The lowest BCUT2D eigenvalue weighted by molar-refractivity contribution is 0.0940. The van der Waals surface area contributed by atoms with Crippen molar-refractivity contribution in [3.63, 3.8) is 0 Å². The second-order valence-corrected chi connectivity index (χ2v) is 6.52. The van der Waals surface area contributed by atoms with Gasteiger partial charge in [-0.05, 0) is 35.0 Å². The van der Waals surface area contributed by atoms with E-state index in [1.807, 2.05) is 22.7 Å². The van der Waals surface area contributed by atoms with E-state index in [1.54, 1.807) is 24.7 Å². The molecule has 0 spiro atoms. The predicted molar refractivity (Wildman–Crippen MR) is 98.0 cm³/mol. The second-order valence-electron chi connectivity index (χ2n) is 6.52. The highest BCUT2D eigenvalue weighted by atomic mass is 16.1. The number of rotatable bonds is 4. The monoisotopic (exact) mass is 376 g/mol. The number of nitrogens with zero attached hydrogens (tertiary/aromatic N) is 9. The van der Waals surface area contributed by atoms with E-state index >= 15 is 0 Å². The van der Waals surface area contributed by atoms with Crippen molar-refractivity contribution in [2.24, 2.45) is 0 Å². The molecule has 0 radical (unpaired) electrons. The van der Waals surface area contributed by atoms with Crippen LogP contribution in [0.25, 0.3) is 11.3 Å². The molecule has 0 saturated carbocycles. The molecule has 1 saturated heterocycles. The molecule has 0 bridgehead atoms. The van der Waals surface area contributed by atoms with Crippen molar-refractivity contribution in [3.05, 3.63) is 54.9 Å². The van der Waals surface area contributed by atoms with Gasteiger partial charge in [-0.25, -0.2) is 9.67 Å². The molecule has 5 rings (SSSR count). The predicted octanol–water partition coefficient (Wildman–Crippen LogP) is 0.109. The van der Waals surface area contributed by atoms with Crippen LogP contribution in [0.2, 0.25) is 0 Å². The van der Waals surface area contributed by atoms with Crippen LogP contribution in [0, 0.1) is 0 Å². The third-order valence-corrected chi connectivity index (χ3v) is 4.74. The molecule has 1 fully saturated rings. The van der Waals surface area contributed by atoms with Crippen molar-refractivity contribution >= 4 is 17.4 Å². The van der Waals surface area contributed by atoms with E-state index in [0.29, 0.717) is 17.8 Å². The SMILES string of the molecule is O=C(NC1CCN(c2nccn3cnnc23)C1)c1cccc(-n2cnnn2)c1. The van der Waals surface area contributed by atoms with Crippen LogP contribution in [-0.4, -0.2) is 64.8 Å². The molecule has 28 heavy (non-hydrogen) atoms. The van der Waals surface area contributed by atoms with Gasteiger partial charge in [-0.15, -0.1) is 15.3 Å². The van der Waals surface area contributed by atoms with E-state index in [9.17, 15) is 4.79 Å². The van der Waals surface area contributed by atoms with Gasteiger partial charge in [0.25, 0.3) is 5.91 Å². The van der Waals surface area contributed by atoms with Gasteiger partial charge in [0.05, 0.1) is 5.69 Å². The number of carbonyl (C=O) groups excluding carboxylic acids is 1. The fourth-order valence-electron chi connectivity index (χ4n) is 3.38. The first-order chi connectivity index (χ1) is 13.8. The quantitative estimate of drug-likeness (QED) is 0.533. The maximum atomic E-state index is 12.7. The molecule has 1 unspecified atom stereocenters. The molecule has 1 aromatic carbocycles. The Hall–Kier alpha value is -3.89. The maximum absolute atomic E-state index is 12.7. The number of hydrogen-bond donors (Lipinski definition) is 1. The summed E-state index contributed by atoms with van der Waals surface area (Å²) >= 11 is 0. The first kappa shape index (κ1) is 16.3. The van der Waals surface area contributed by atoms with E-state index in [-0.39, 0.29) is 11.9 Å². The molecule has 3 aromatic heterocycles. The van der Waals surface area contributed by atoms with Gasteiger partial charge < -0.3 is 10.2 Å². The Morgan fingerprint density at radius 1 is 1.21 bits per heavy atom. The highest BCUT2D eigenvalue weighted by molar-refractivity contribution is 5.95. The summed E-state index contributed by atoms with van der Waals surface area (Å²) in [5, 5.41) is 22.3. The molecule has 4 aromatic rings. The number of hydrogen-bond acceptors (Lipinski definition) is 8. The van der Waals surface area contributed by atoms with Crippen LogP contribution in [0.5, 0.6) is 0 Å². The summed E-state index contributed by atoms with van der Waals surface area (Å²) in [6, 6.07) is 7.21. The molecule has 1 aliphatic rings. The number of tetrazole rings is 1. The zero-order chi connectivity index (χ0) is 18.9. The standard InChI is InChI=1S/C17H16N10O/c28-17(12-2-1-3-14(8-12)27-11-20-23-24-27)21-13-4-6-25(9-13)15-16-22-19-10-26(16)7-5-18-15/h1-3,5,7-8,10-11,13H,4,6,9H2,(H,21,28). The van der Waals surface area contributed by atoms with E-state index in [2.05, 4.69) is 40.9 Å². The van der Waals surface area contributed by atoms with Crippen molar-refractivity contribution in [2.45, 2.75) is 12.5 Å². The Morgan fingerprint density at radius 3 is 3.07 bits per heavy atom. The van der Waals surface area contributed by atoms with Crippen LogP contribution >= 0.6 is 0 Å². The van der Waals surface area contributed by atoms with Gasteiger partial charge in [-0.1, -0.05) is 6.07 Å². The minimum Gasteiger partial charge on any atom is -0.351 e. The Bertz CT molecular complexity index is 1120. The first-order valence-electron chi connectivity index (χ1n) is 8.81. The fourth-order valence-corrected chi connectivity index (χ4v) is 3.38. The van der Waals surface area contributed by atoms with Crippen molar-refractivity contribution in [3.8, 4) is 5.69 Å². The summed E-state index contributed by atoms with van der Waals surface area (Å²) in [5.74, 6) is 0.646. The van der Waals surface area contributed by atoms with Crippen molar-refractivity contribution in [1.82, 2.24) is 45.1 Å². The summed E-state index contributed by atoms with van der Waals surface area (Å²) < 4.78 is 3.34. The van der Waals surface area contributed by atoms with Gasteiger partial charge in [-0.2, -0.15) is 0 Å². The minimum atomic E-state index is -0.129. The van der Waals surface area contributed by atoms with E-state index in [0.717, 1.165) is 24.5 Å². The Morgan fingerprint density at radius 2 is 2.18 bits per heavy atom. The van der Waals surface area contributed by atoms with Gasteiger partial charge >= 0.3 is 0 Å². The summed E-state index contributed by atoms with van der Waals surface area (Å²) in [6.07, 6.45) is 7.50. The average Bonchev–Trinajstić information content (AvgIpc) is 3.48. The smallest absolute Gasteiger partial charge is 0.251 e. The zero-order valence-corrected chi connectivity index (χ0v) is 14.8. The molecule has 11 nitrogen and oxygen atoms in total. The summed E-state index contributed by atoms with van der Waals surface area (Å²) in [5.41, 5.74) is 2.00. The fraction of sp³-hybridized carbons (Fsp3) is 0.235. The van der Waals surface area contributed by atoms with Crippen LogP contribution in [0.15, 0.2) is 49.3 Å². The lowest BCUT2D eigenvalue weighted by Crippen LogP contribution is -2.37. The molecule has 4 heterocycles. The summed E-state index contributed by atoms with van der Waals surface area (Å²) in [4.78, 5) is 19.3. The number of fused-ring (bicyclic) bond motifs is 1. The van der Waals surface area contributed by atoms with Crippen LogP contribution in [0.4, 0.5) is 5.82 Å². The van der Waals surface area contributed by atoms with Gasteiger partial charge in [-0.3, -0.25) is 9.20 Å². The number of carbonyl (C=O) groups is 1. The van der Waals surface area contributed by atoms with Gasteiger partial charge in [0, 0.05) is 37.1 Å². The maximum Gasteiger partial charge on any atom is 0.251 e. The topological polar surface area (TPSA) is 119 Å². The lowest BCUT2D eigenvalue weighted by Gasteiger charge is -2.18. The van der Waals surface area contributed by atoms with Gasteiger partial charge in [0.2, 0.25) is 5.65 Å². The minimum absolute atomic E-state index is 0.0224. The van der Waals surface area contributed by atoms with Crippen molar-refractivity contribution in [2.75, 3.05) is 18.0 Å². The van der Waals surface area contributed by atoms with Crippen LogP contribution in [-0.2, 0) is 0 Å². The number of nitrogens with one attached hydrogen (secondary N) is 1. The Balaban J connectivity index is 1.29.